The van der Waals surface area contributed by atoms with Gasteiger partial charge in [-0.3, -0.25) is 14.6 Å². The van der Waals surface area contributed by atoms with Gasteiger partial charge in [0.2, 0.25) is 0 Å². The van der Waals surface area contributed by atoms with Crippen molar-refractivity contribution in [1.29, 1.82) is 0 Å². The largest absolute Gasteiger partial charge is 0.502 e. The molecule has 2 aliphatic heterocycles. The molecule has 4 rings (SSSR count). The highest BCUT2D eigenvalue weighted by atomic mass is 79.9. The molecule has 0 radical (unpaired) electrons. The highest BCUT2D eigenvalue weighted by Gasteiger charge is 2.54. The van der Waals surface area contributed by atoms with Gasteiger partial charge in [0.05, 0.1) is 5.56 Å². The molecule has 1 unspecified atom stereocenters. The van der Waals surface area contributed by atoms with E-state index in [1.54, 1.807) is 24.3 Å². The van der Waals surface area contributed by atoms with E-state index in [2.05, 4.69) is 20.9 Å². The summed E-state index contributed by atoms with van der Waals surface area (Å²) in [4.78, 5) is 31.8. The molecule has 7 nitrogen and oxygen atoms in total. The molecule has 1 saturated heterocycles. The molecule has 1 fully saturated rings. The fourth-order valence-corrected chi connectivity index (χ4v) is 3.73. The molecule has 2 aliphatic rings. The van der Waals surface area contributed by atoms with Crippen molar-refractivity contribution in [3.8, 4) is 5.75 Å². The molecule has 2 heterocycles. The number of aliphatic imine (C=N–C) groups is 1. The van der Waals surface area contributed by atoms with Gasteiger partial charge in [0.25, 0.3) is 17.8 Å². The zero-order valence-electron chi connectivity index (χ0n) is 16.9. The number of hydrogen-bond acceptors (Lipinski definition) is 4. The van der Waals surface area contributed by atoms with Crippen molar-refractivity contribution in [1.82, 2.24) is 9.80 Å². The number of likely N-dealkylation sites (N-methyl/N-ethyl adjacent to an activating group) is 2. The molecule has 2 aromatic carbocycles. The van der Waals surface area contributed by atoms with Crippen LogP contribution in [0.25, 0.3) is 0 Å². The van der Waals surface area contributed by atoms with Crippen LogP contribution in [0.2, 0.25) is 0 Å². The van der Waals surface area contributed by atoms with Crippen molar-refractivity contribution in [3.05, 3.63) is 64.1 Å². The number of amidine groups is 2. The summed E-state index contributed by atoms with van der Waals surface area (Å²) in [5.41, 5.74) is -0.492. The van der Waals surface area contributed by atoms with Gasteiger partial charge in [-0.2, -0.15) is 17.7 Å². The maximum absolute atomic E-state index is 13.2. The molecule has 166 valence electrons. The number of hydrogen-bond donors (Lipinski definition) is 0. The molecule has 0 spiro atoms. The molecule has 1 atom stereocenters. The van der Waals surface area contributed by atoms with Crippen LogP contribution in [0.15, 0.2) is 58.0 Å². The number of rotatable bonds is 3. The quantitative estimate of drug-likeness (QED) is 0.592. The summed E-state index contributed by atoms with van der Waals surface area (Å²) in [6.07, 6.45) is -4.50. The Morgan fingerprint density at radius 1 is 1.09 bits per heavy atom. The van der Waals surface area contributed by atoms with Crippen LogP contribution in [0.1, 0.15) is 11.1 Å². The van der Waals surface area contributed by atoms with Crippen LogP contribution in [-0.4, -0.2) is 58.3 Å². The summed E-state index contributed by atoms with van der Waals surface area (Å²) in [6.45, 7) is -0.0882. The number of imide groups is 1. The number of fused-ring (bicyclic) bond motifs is 1. The van der Waals surface area contributed by atoms with Crippen LogP contribution in [0.3, 0.4) is 0 Å². The van der Waals surface area contributed by atoms with Gasteiger partial charge in [0.1, 0.15) is 12.3 Å². The van der Waals surface area contributed by atoms with Gasteiger partial charge < -0.3 is 4.74 Å². The Labute approximate surface area is 189 Å². The molecule has 0 N–H and O–H groups in total. The lowest BCUT2D eigenvalue weighted by Gasteiger charge is -2.30. The van der Waals surface area contributed by atoms with Crippen LogP contribution >= 0.6 is 15.9 Å². The highest BCUT2D eigenvalue weighted by molar-refractivity contribution is 9.10. The highest BCUT2D eigenvalue weighted by Crippen LogP contribution is 2.30. The molecule has 0 bridgehead atoms. The molecule has 0 aromatic heterocycles. The van der Waals surface area contributed by atoms with Crippen LogP contribution in [0, 0.1) is 0 Å². The Kier molecular flexibility index (Phi) is 5.53. The average molecular weight is 510 g/mol. The van der Waals surface area contributed by atoms with Gasteiger partial charge >= 0.3 is 18.2 Å². The van der Waals surface area contributed by atoms with E-state index in [1.165, 1.54) is 35.7 Å². The maximum atomic E-state index is 13.2. The Morgan fingerprint density at radius 3 is 2.44 bits per heavy atom. The summed E-state index contributed by atoms with van der Waals surface area (Å²) in [5, 5.41) is 0. The van der Waals surface area contributed by atoms with E-state index in [4.69, 9.17) is 4.74 Å². The minimum atomic E-state index is -4.50. The zero-order valence-corrected chi connectivity index (χ0v) is 18.5. The number of nitrogens with zero attached hydrogens (tertiary/aromatic N) is 4. The van der Waals surface area contributed by atoms with Crippen LogP contribution in [0.5, 0.6) is 5.75 Å². The third kappa shape index (κ3) is 3.99. The van der Waals surface area contributed by atoms with Gasteiger partial charge in [0.15, 0.2) is 0 Å². The monoisotopic (exact) mass is 509 g/mol. The maximum Gasteiger partial charge on any atom is 0.502 e. The number of carbonyl (C=O) groups excluding carboxylic acids is 2. The van der Waals surface area contributed by atoms with Gasteiger partial charge in [-0.05, 0) is 42.0 Å². The summed E-state index contributed by atoms with van der Waals surface area (Å²) in [6, 6.07) is 10.1. The van der Waals surface area contributed by atoms with E-state index in [1.807, 2.05) is 0 Å². The first-order valence-corrected chi connectivity index (χ1v) is 10.2. The van der Waals surface area contributed by atoms with E-state index in [9.17, 15) is 22.8 Å². The van der Waals surface area contributed by atoms with Crippen molar-refractivity contribution in [2.45, 2.75) is 18.8 Å². The molecule has 0 aliphatic carbocycles. The van der Waals surface area contributed by atoms with E-state index in [0.29, 0.717) is 11.3 Å². The van der Waals surface area contributed by atoms with Crippen LogP contribution in [0.4, 0.5) is 18.0 Å². The third-order valence-electron chi connectivity index (χ3n) is 5.12. The zero-order chi connectivity index (χ0) is 23.2. The Balaban J connectivity index is 1.76. The minimum absolute atomic E-state index is 0.00744. The van der Waals surface area contributed by atoms with E-state index < -0.39 is 29.7 Å². The molecular formula is C21H17BrF3N4O3+. The molecule has 11 heteroatoms. The molecule has 2 aromatic rings. The summed E-state index contributed by atoms with van der Waals surface area (Å²) >= 11 is 3.33. The lowest BCUT2D eigenvalue weighted by atomic mass is 10.1. The number of carbonyl (C=O) groups is 2. The summed E-state index contributed by atoms with van der Waals surface area (Å²) in [5.74, 6) is 0.0143. The number of benzene rings is 2. The fourth-order valence-electron chi connectivity index (χ4n) is 3.47. The third-order valence-corrected chi connectivity index (χ3v) is 5.65. The second-order valence-electron chi connectivity index (χ2n) is 7.28. The molecule has 32 heavy (non-hydrogen) atoms. The van der Waals surface area contributed by atoms with Gasteiger partial charge in [-0.15, -0.1) is 0 Å². The summed E-state index contributed by atoms with van der Waals surface area (Å²) in [7, 11) is 2.82. The van der Waals surface area contributed by atoms with Gasteiger partial charge in [0, 0.05) is 23.6 Å². The fraction of sp³-hybridized carbons (Fsp3) is 0.238. The molecule has 0 saturated carbocycles. The van der Waals surface area contributed by atoms with Crippen LogP contribution in [-0.2, 0) is 17.5 Å². The van der Waals surface area contributed by atoms with Crippen molar-refractivity contribution < 1.29 is 32.1 Å². The standard InChI is InChI=1S/C21H17BrF3N4O3/c1-27-17-16(18(30)28(2)20(27)31)29(11-12-4-3-5-13(10-12)21(23,24)25)19(26-17)32-15-8-6-14(22)7-9-15/h3-10,16H,11H2,1-2H3/q+1. The smallest absolute Gasteiger partial charge is 0.389 e. The first-order valence-electron chi connectivity index (χ1n) is 9.43. The molecule has 3 amide bonds. The van der Waals surface area contributed by atoms with Crippen molar-refractivity contribution in [3.63, 3.8) is 0 Å². The van der Waals surface area contributed by atoms with E-state index in [-0.39, 0.29) is 18.4 Å². The molecular weight excluding hydrogens is 493 g/mol. The SMILES string of the molecule is CN1C(=O)C2C(=NC(Oc3ccc(Br)cc3)=[N+]2Cc2cccc(C(F)(F)F)c2)N(C)C1=O. The normalized spacial score (nSPS) is 18.8. The van der Waals surface area contributed by atoms with E-state index >= 15 is 0 Å². The second kappa shape index (κ2) is 8.05. The first-order chi connectivity index (χ1) is 15.1. The van der Waals surface area contributed by atoms with E-state index in [0.717, 1.165) is 21.5 Å². The average Bonchev–Trinajstić information content (AvgIpc) is 3.10. The number of amides is 3. The second-order valence-corrected chi connectivity index (χ2v) is 8.19. The van der Waals surface area contributed by atoms with Crippen LogP contribution < -0.4 is 4.74 Å². The Morgan fingerprint density at radius 2 is 1.78 bits per heavy atom. The summed E-state index contributed by atoms with van der Waals surface area (Å²) < 4.78 is 47.7. The lowest BCUT2D eigenvalue weighted by Crippen LogP contribution is -2.61. The topological polar surface area (TPSA) is 65.2 Å². The van der Waals surface area contributed by atoms with Gasteiger partial charge in [-0.25, -0.2) is 4.79 Å². The van der Waals surface area contributed by atoms with Crippen molar-refractivity contribution in [2.24, 2.45) is 4.99 Å². The number of alkyl halides is 3. The number of ether oxygens (including phenoxy) is 1. The Bertz CT molecular complexity index is 1160. The number of urea groups is 1. The number of halogens is 4. The van der Waals surface area contributed by atoms with Crippen molar-refractivity contribution >= 4 is 39.7 Å². The predicted octanol–water partition coefficient (Wildman–Crippen LogP) is 3.72. The minimum Gasteiger partial charge on any atom is -0.389 e. The van der Waals surface area contributed by atoms with Crippen molar-refractivity contribution in [2.75, 3.05) is 14.1 Å². The van der Waals surface area contributed by atoms with Gasteiger partial charge in [-0.1, -0.05) is 28.1 Å². The Hall–Kier alpha value is -3.21. The predicted molar refractivity (Wildman–Crippen MR) is 112 cm³/mol. The lowest BCUT2D eigenvalue weighted by molar-refractivity contribution is -0.557. The first kappa shape index (κ1) is 22.0.